The maximum Gasteiger partial charge on any atom is 0.0614 e. The lowest BCUT2D eigenvalue weighted by Gasteiger charge is -2.05. The summed E-state index contributed by atoms with van der Waals surface area (Å²) in [6.07, 6.45) is 15.1. The van der Waals surface area contributed by atoms with E-state index in [1.807, 2.05) is 6.08 Å². The van der Waals surface area contributed by atoms with Gasteiger partial charge in [0.2, 0.25) is 0 Å². The van der Waals surface area contributed by atoms with E-state index in [-0.39, 0.29) is 6.61 Å². The number of rotatable bonds is 11. The van der Waals surface area contributed by atoms with Crippen LogP contribution in [0.15, 0.2) is 34.9 Å². The van der Waals surface area contributed by atoms with Crippen molar-refractivity contribution >= 4 is 0 Å². The van der Waals surface area contributed by atoms with Crippen molar-refractivity contribution in [2.45, 2.75) is 79.6 Å². The number of aliphatic hydroxyl groups is 1. The van der Waals surface area contributed by atoms with Gasteiger partial charge in [-0.3, -0.25) is 0 Å². The molecule has 0 saturated carbocycles. The Balaban J connectivity index is 3.85. The van der Waals surface area contributed by atoms with Gasteiger partial charge >= 0.3 is 0 Å². The Bertz CT molecular complexity index is 345. The van der Waals surface area contributed by atoms with E-state index in [0.717, 1.165) is 18.8 Å². The van der Waals surface area contributed by atoms with Crippen molar-refractivity contribution in [1.29, 1.82) is 0 Å². The average molecular weight is 293 g/mol. The topological polar surface area (TPSA) is 20.2 Å². The molecule has 0 unspecified atom stereocenters. The van der Waals surface area contributed by atoms with Gasteiger partial charge in [0, 0.05) is 0 Å². The fraction of sp³-hybridized carbons (Fsp3) is 0.700. The third kappa shape index (κ3) is 13.9. The van der Waals surface area contributed by atoms with Gasteiger partial charge in [0.1, 0.15) is 0 Å². The zero-order chi connectivity index (χ0) is 16.1. The second-order valence-electron chi connectivity index (χ2n) is 6.70. The molecule has 0 amide bonds. The van der Waals surface area contributed by atoms with E-state index < -0.39 is 0 Å². The minimum Gasteiger partial charge on any atom is -0.392 e. The van der Waals surface area contributed by atoms with Gasteiger partial charge in [-0.2, -0.15) is 0 Å². The molecule has 0 bridgehead atoms. The molecule has 0 spiro atoms. The first kappa shape index (κ1) is 20.2. The van der Waals surface area contributed by atoms with Gasteiger partial charge < -0.3 is 5.11 Å². The highest BCUT2D eigenvalue weighted by Crippen LogP contribution is 2.15. The van der Waals surface area contributed by atoms with Crippen LogP contribution in [-0.4, -0.2) is 11.7 Å². The molecule has 0 aromatic rings. The SMILES string of the molecule is C/C(=C\CO)CC/C=C(\C)CC/C=C(\C)CCCC(C)C. The summed E-state index contributed by atoms with van der Waals surface area (Å²) in [5.74, 6) is 0.825. The van der Waals surface area contributed by atoms with Crippen molar-refractivity contribution in [3.8, 4) is 0 Å². The third-order valence-electron chi connectivity index (χ3n) is 3.86. The fourth-order valence-corrected chi connectivity index (χ4v) is 2.34. The van der Waals surface area contributed by atoms with Crippen LogP contribution in [0.25, 0.3) is 0 Å². The molecule has 0 radical (unpaired) electrons. The summed E-state index contributed by atoms with van der Waals surface area (Å²) >= 11 is 0. The van der Waals surface area contributed by atoms with Crippen molar-refractivity contribution in [2.75, 3.05) is 6.61 Å². The summed E-state index contributed by atoms with van der Waals surface area (Å²) in [4.78, 5) is 0. The molecule has 0 rings (SSSR count). The van der Waals surface area contributed by atoms with Crippen molar-refractivity contribution in [1.82, 2.24) is 0 Å². The maximum atomic E-state index is 8.81. The van der Waals surface area contributed by atoms with Gasteiger partial charge in [-0.05, 0) is 65.2 Å². The highest BCUT2D eigenvalue weighted by molar-refractivity contribution is 5.06. The molecule has 0 atom stereocenters. The van der Waals surface area contributed by atoms with Crippen LogP contribution in [-0.2, 0) is 0 Å². The summed E-state index contributed by atoms with van der Waals surface area (Å²) in [5.41, 5.74) is 4.31. The molecule has 0 aliphatic carbocycles. The van der Waals surface area contributed by atoms with Crippen molar-refractivity contribution in [2.24, 2.45) is 5.92 Å². The van der Waals surface area contributed by atoms with Crippen LogP contribution in [0.5, 0.6) is 0 Å². The first-order valence-corrected chi connectivity index (χ1v) is 8.53. The Kier molecular flexibility index (Phi) is 12.4. The van der Waals surface area contributed by atoms with Gasteiger partial charge in [-0.25, -0.2) is 0 Å². The second-order valence-corrected chi connectivity index (χ2v) is 6.70. The van der Waals surface area contributed by atoms with Gasteiger partial charge in [0.25, 0.3) is 0 Å². The molecule has 0 aliphatic rings. The number of allylic oxidation sites excluding steroid dienone is 5. The van der Waals surface area contributed by atoms with E-state index in [9.17, 15) is 0 Å². The summed E-state index contributed by atoms with van der Waals surface area (Å²) in [7, 11) is 0. The summed E-state index contributed by atoms with van der Waals surface area (Å²) in [6.45, 7) is 11.3. The van der Waals surface area contributed by atoms with Gasteiger partial charge in [-0.1, -0.05) is 55.2 Å². The Morgan fingerprint density at radius 1 is 0.810 bits per heavy atom. The molecular weight excluding hydrogens is 256 g/mol. The van der Waals surface area contributed by atoms with Crippen LogP contribution in [0.1, 0.15) is 79.6 Å². The normalized spacial score (nSPS) is 14.1. The van der Waals surface area contributed by atoms with Crippen LogP contribution in [0, 0.1) is 5.92 Å². The lowest BCUT2D eigenvalue weighted by atomic mass is 10.0. The van der Waals surface area contributed by atoms with E-state index in [1.165, 1.54) is 43.3 Å². The molecule has 1 heteroatoms. The van der Waals surface area contributed by atoms with E-state index in [2.05, 4.69) is 46.8 Å². The highest BCUT2D eigenvalue weighted by Gasteiger charge is 1.96. The molecule has 0 heterocycles. The second kappa shape index (κ2) is 12.9. The summed E-state index contributed by atoms with van der Waals surface area (Å²) in [5, 5.41) is 8.81. The lowest BCUT2D eigenvalue weighted by molar-refractivity contribution is 0.341. The smallest absolute Gasteiger partial charge is 0.0614 e. The molecule has 0 saturated heterocycles. The van der Waals surface area contributed by atoms with Crippen LogP contribution >= 0.6 is 0 Å². The Morgan fingerprint density at radius 2 is 1.29 bits per heavy atom. The zero-order valence-electron chi connectivity index (χ0n) is 14.9. The minimum atomic E-state index is 0.162. The Labute approximate surface area is 132 Å². The zero-order valence-corrected chi connectivity index (χ0v) is 14.9. The van der Waals surface area contributed by atoms with Gasteiger partial charge in [0.05, 0.1) is 6.61 Å². The maximum absolute atomic E-state index is 8.81. The summed E-state index contributed by atoms with van der Waals surface area (Å²) < 4.78 is 0. The van der Waals surface area contributed by atoms with E-state index in [4.69, 9.17) is 5.11 Å². The van der Waals surface area contributed by atoms with Crippen LogP contribution in [0.4, 0.5) is 0 Å². The predicted octanol–water partition coefficient (Wildman–Crippen LogP) is 6.20. The van der Waals surface area contributed by atoms with Crippen LogP contribution in [0.3, 0.4) is 0 Å². The molecule has 122 valence electrons. The third-order valence-corrected chi connectivity index (χ3v) is 3.86. The summed E-state index contributed by atoms with van der Waals surface area (Å²) in [6, 6.07) is 0. The fourth-order valence-electron chi connectivity index (χ4n) is 2.34. The number of hydrogen-bond acceptors (Lipinski definition) is 1. The Morgan fingerprint density at radius 3 is 1.76 bits per heavy atom. The first-order valence-electron chi connectivity index (χ1n) is 8.53. The van der Waals surface area contributed by atoms with E-state index >= 15 is 0 Å². The molecule has 21 heavy (non-hydrogen) atoms. The van der Waals surface area contributed by atoms with E-state index in [0.29, 0.717) is 0 Å². The minimum absolute atomic E-state index is 0.162. The molecule has 1 N–H and O–H groups in total. The predicted molar refractivity (Wildman–Crippen MR) is 95.5 cm³/mol. The van der Waals surface area contributed by atoms with E-state index in [1.54, 1.807) is 5.57 Å². The van der Waals surface area contributed by atoms with Crippen molar-refractivity contribution in [3.63, 3.8) is 0 Å². The monoisotopic (exact) mass is 292 g/mol. The molecule has 0 aromatic heterocycles. The van der Waals surface area contributed by atoms with Gasteiger partial charge in [-0.15, -0.1) is 0 Å². The number of hydrogen-bond donors (Lipinski definition) is 1. The molecule has 0 fully saturated rings. The molecular formula is C20H36O. The molecule has 1 nitrogen and oxygen atoms in total. The molecule has 0 aliphatic heterocycles. The van der Waals surface area contributed by atoms with Gasteiger partial charge in [0.15, 0.2) is 0 Å². The van der Waals surface area contributed by atoms with Crippen LogP contribution < -0.4 is 0 Å². The molecule has 0 aromatic carbocycles. The quantitative estimate of drug-likeness (QED) is 0.449. The standard InChI is InChI=1S/C20H36O/c1-17(2)9-6-10-18(3)11-7-12-19(4)13-8-14-20(5)15-16-21/h11,13,15,17,21H,6-10,12,14,16H2,1-5H3/b18-11+,19-13+,20-15+. The lowest BCUT2D eigenvalue weighted by Crippen LogP contribution is -1.88. The largest absolute Gasteiger partial charge is 0.392 e. The number of aliphatic hydroxyl groups excluding tert-OH is 1. The van der Waals surface area contributed by atoms with Crippen molar-refractivity contribution in [3.05, 3.63) is 34.9 Å². The van der Waals surface area contributed by atoms with Crippen molar-refractivity contribution < 1.29 is 5.11 Å². The van der Waals surface area contributed by atoms with Crippen LogP contribution in [0.2, 0.25) is 0 Å². The first-order chi connectivity index (χ1) is 9.95. The Hall–Kier alpha value is -0.820. The highest BCUT2D eigenvalue weighted by atomic mass is 16.2. The average Bonchev–Trinajstić information content (AvgIpc) is 2.38.